The van der Waals surface area contributed by atoms with Gasteiger partial charge in [0.2, 0.25) is 0 Å². The first-order valence-corrected chi connectivity index (χ1v) is 1.62. The molecule has 52 valence electrons. The fraction of sp³-hybridized carbons (Fsp3) is 1.00. The quantitative estimate of drug-likeness (QED) is 0.526. The summed E-state index contributed by atoms with van der Waals surface area (Å²) in [4.78, 5) is 0. The van der Waals surface area contributed by atoms with Gasteiger partial charge in [-0.2, -0.15) is 13.2 Å². The van der Waals surface area contributed by atoms with E-state index in [0.717, 1.165) is 7.11 Å². The van der Waals surface area contributed by atoms with Crippen molar-refractivity contribution in [1.29, 1.82) is 0 Å². The first kappa shape index (κ1) is 10.7. The predicted octanol–water partition coefficient (Wildman–Crippen LogP) is 1.83. The molecular weight excluding hydrogens is 121 g/mol. The maximum Gasteiger partial charge on any atom is 0.411 e. The van der Waals surface area contributed by atoms with E-state index in [9.17, 15) is 13.2 Å². The first-order chi connectivity index (χ1) is 3.06. The van der Waals surface area contributed by atoms with Gasteiger partial charge >= 0.3 is 6.18 Å². The van der Waals surface area contributed by atoms with Crippen molar-refractivity contribution >= 4 is 0 Å². The third-order valence-corrected chi connectivity index (χ3v) is 0.308. The van der Waals surface area contributed by atoms with Crippen LogP contribution in [0, 0.1) is 0 Å². The minimum absolute atomic E-state index is 0. The summed E-state index contributed by atoms with van der Waals surface area (Å²) >= 11 is 0. The Kier molecular flexibility index (Phi) is 4.96. The van der Waals surface area contributed by atoms with E-state index in [0.29, 0.717) is 0 Å². The zero-order valence-corrected chi connectivity index (χ0v) is 3.75. The zero-order valence-electron chi connectivity index (χ0n) is 3.75. The fourth-order valence-electron chi connectivity index (χ4n) is 0.164. The Bertz CT molecular complexity index is 49.7. The van der Waals surface area contributed by atoms with E-state index in [4.69, 9.17) is 0 Å². The number of hydrogen-bond acceptors (Lipinski definition) is 1. The molecule has 0 N–H and O–H groups in total. The molecule has 0 fully saturated rings. The standard InChI is InChI=1S/C3H5F3O.CH4/c1-7-2-3(4,5)6;/h2H2,1H3;1H4. The largest absolute Gasteiger partial charge is 0.411 e. The van der Waals surface area contributed by atoms with Gasteiger partial charge in [0.05, 0.1) is 0 Å². The molecule has 0 spiro atoms. The summed E-state index contributed by atoms with van der Waals surface area (Å²) in [6.07, 6.45) is -4.17. The van der Waals surface area contributed by atoms with E-state index >= 15 is 0 Å². The van der Waals surface area contributed by atoms with Gasteiger partial charge in [0, 0.05) is 7.11 Å². The van der Waals surface area contributed by atoms with Crippen LogP contribution in [-0.2, 0) is 4.74 Å². The van der Waals surface area contributed by atoms with Crippen LogP contribution in [0.15, 0.2) is 0 Å². The summed E-state index contributed by atoms with van der Waals surface area (Å²) in [7, 11) is 1.01. The van der Waals surface area contributed by atoms with Crippen LogP contribution in [0.1, 0.15) is 7.43 Å². The summed E-state index contributed by atoms with van der Waals surface area (Å²) in [6.45, 7) is -1.16. The van der Waals surface area contributed by atoms with Gasteiger partial charge in [0.1, 0.15) is 6.61 Å². The van der Waals surface area contributed by atoms with Gasteiger partial charge in [-0.25, -0.2) is 0 Å². The lowest BCUT2D eigenvalue weighted by molar-refractivity contribution is -0.167. The molecule has 0 radical (unpaired) electrons. The first-order valence-electron chi connectivity index (χ1n) is 1.62. The number of alkyl halides is 3. The molecule has 1 nitrogen and oxygen atoms in total. The van der Waals surface area contributed by atoms with Gasteiger partial charge in [0.15, 0.2) is 0 Å². The molecule has 8 heavy (non-hydrogen) atoms. The minimum Gasteiger partial charge on any atom is -0.375 e. The molecular formula is C4H9F3O. The average molecular weight is 130 g/mol. The SMILES string of the molecule is C.COCC(F)(F)F. The fourth-order valence-corrected chi connectivity index (χ4v) is 0.164. The Balaban J connectivity index is 0. The second-order valence-electron chi connectivity index (χ2n) is 1.05. The third kappa shape index (κ3) is 9.23. The second-order valence-corrected chi connectivity index (χ2v) is 1.05. The number of halogens is 3. The molecule has 0 rings (SSSR count). The van der Waals surface area contributed by atoms with Crippen molar-refractivity contribution in [2.24, 2.45) is 0 Å². The molecule has 0 aliphatic heterocycles. The molecule has 0 aliphatic rings. The van der Waals surface area contributed by atoms with E-state index in [1.54, 1.807) is 0 Å². The van der Waals surface area contributed by atoms with Gasteiger partial charge < -0.3 is 4.74 Å². The maximum atomic E-state index is 10.9. The van der Waals surface area contributed by atoms with Gasteiger partial charge in [-0.05, 0) is 0 Å². The maximum absolute atomic E-state index is 10.9. The number of ether oxygens (including phenoxy) is 1. The summed E-state index contributed by atoms with van der Waals surface area (Å²) in [5, 5.41) is 0. The number of rotatable bonds is 1. The minimum atomic E-state index is -4.17. The molecule has 0 aromatic heterocycles. The van der Waals surface area contributed by atoms with Crippen molar-refractivity contribution in [3.8, 4) is 0 Å². The van der Waals surface area contributed by atoms with Crippen LogP contribution in [0.4, 0.5) is 13.2 Å². The highest BCUT2D eigenvalue weighted by Crippen LogP contribution is 2.13. The summed E-state index contributed by atoms with van der Waals surface area (Å²) < 4.78 is 36.6. The molecule has 0 aromatic rings. The Morgan fingerprint density at radius 1 is 1.38 bits per heavy atom. The Labute approximate surface area is 46.5 Å². The molecule has 0 atom stereocenters. The highest BCUT2D eigenvalue weighted by Gasteiger charge is 2.26. The van der Waals surface area contributed by atoms with Gasteiger partial charge in [-0.1, -0.05) is 7.43 Å². The summed E-state index contributed by atoms with van der Waals surface area (Å²) in [5.74, 6) is 0. The molecule has 4 heteroatoms. The van der Waals surface area contributed by atoms with E-state index in [1.807, 2.05) is 0 Å². The second kappa shape index (κ2) is 3.72. The molecule has 0 amide bonds. The monoisotopic (exact) mass is 130 g/mol. The van der Waals surface area contributed by atoms with Crippen molar-refractivity contribution in [2.75, 3.05) is 13.7 Å². The van der Waals surface area contributed by atoms with Crippen LogP contribution in [0.25, 0.3) is 0 Å². The topological polar surface area (TPSA) is 9.23 Å². The predicted molar refractivity (Wildman–Crippen MR) is 24.7 cm³/mol. The van der Waals surface area contributed by atoms with Crippen molar-refractivity contribution in [3.05, 3.63) is 0 Å². The van der Waals surface area contributed by atoms with Gasteiger partial charge in [0.25, 0.3) is 0 Å². The van der Waals surface area contributed by atoms with Crippen LogP contribution in [0.2, 0.25) is 0 Å². The van der Waals surface area contributed by atoms with Gasteiger partial charge in [-0.15, -0.1) is 0 Å². The smallest absolute Gasteiger partial charge is 0.375 e. The van der Waals surface area contributed by atoms with Crippen LogP contribution >= 0.6 is 0 Å². The van der Waals surface area contributed by atoms with Crippen molar-refractivity contribution in [1.82, 2.24) is 0 Å². The average Bonchev–Trinajstić information content (AvgIpc) is 1.30. The van der Waals surface area contributed by atoms with E-state index in [2.05, 4.69) is 4.74 Å². The van der Waals surface area contributed by atoms with Crippen LogP contribution in [0.5, 0.6) is 0 Å². The highest BCUT2D eigenvalue weighted by molar-refractivity contribution is 4.41. The molecule has 0 aromatic carbocycles. The highest BCUT2D eigenvalue weighted by atomic mass is 19.4. The van der Waals surface area contributed by atoms with Crippen LogP contribution < -0.4 is 0 Å². The van der Waals surface area contributed by atoms with Crippen molar-refractivity contribution in [2.45, 2.75) is 13.6 Å². The van der Waals surface area contributed by atoms with Crippen molar-refractivity contribution < 1.29 is 17.9 Å². The molecule has 0 saturated heterocycles. The summed E-state index contributed by atoms with van der Waals surface area (Å²) in [5.41, 5.74) is 0. The lowest BCUT2D eigenvalue weighted by Gasteiger charge is -2.01. The van der Waals surface area contributed by atoms with E-state index < -0.39 is 12.8 Å². The van der Waals surface area contributed by atoms with Crippen LogP contribution in [0.3, 0.4) is 0 Å². The Morgan fingerprint density at radius 2 is 1.75 bits per heavy atom. The molecule has 0 unspecified atom stereocenters. The lowest BCUT2D eigenvalue weighted by atomic mass is 10.7. The molecule has 0 heterocycles. The normalized spacial score (nSPS) is 10.5. The molecule has 0 saturated carbocycles. The van der Waals surface area contributed by atoms with E-state index in [1.165, 1.54) is 0 Å². The summed E-state index contributed by atoms with van der Waals surface area (Å²) in [6, 6.07) is 0. The molecule has 0 bridgehead atoms. The van der Waals surface area contributed by atoms with Crippen LogP contribution in [-0.4, -0.2) is 19.9 Å². The van der Waals surface area contributed by atoms with Crippen molar-refractivity contribution in [3.63, 3.8) is 0 Å². The van der Waals surface area contributed by atoms with Gasteiger partial charge in [-0.3, -0.25) is 0 Å². The zero-order chi connectivity index (χ0) is 5.91. The Morgan fingerprint density at radius 3 is 1.75 bits per heavy atom. The molecule has 0 aliphatic carbocycles. The number of hydrogen-bond donors (Lipinski definition) is 0. The van der Waals surface area contributed by atoms with E-state index in [-0.39, 0.29) is 7.43 Å². The Hall–Kier alpha value is -0.250. The lowest BCUT2D eigenvalue weighted by Crippen LogP contribution is -2.14. The number of methoxy groups -OCH3 is 1. The third-order valence-electron chi connectivity index (χ3n) is 0.308.